The molecule has 6 nitrogen and oxygen atoms in total. The molecule has 0 spiro atoms. The fourth-order valence-electron chi connectivity index (χ4n) is 4.55. The third-order valence-corrected chi connectivity index (χ3v) is 6.28. The zero-order chi connectivity index (χ0) is 21.8. The first-order valence-corrected chi connectivity index (χ1v) is 11.0. The molecule has 2 aromatic rings. The van der Waals surface area contributed by atoms with Crippen molar-refractivity contribution in [1.29, 1.82) is 0 Å². The number of nitrogens with zero attached hydrogens (tertiary/aromatic N) is 3. The van der Waals surface area contributed by atoms with Crippen LogP contribution in [0.5, 0.6) is 11.5 Å². The van der Waals surface area contributed by atoms with E-state index in [-0.39, 0.29) is 17.8 Å². The average molecular weight is 433 g/mol. The van der Waals surface area contributed by atoms with Gasteiger partial charge in [0.15, 0.2) is 11.5 Å². The first kappa shape index (κ1) is 21.6. The highest BCUT2D eigenvalue weighted by molar-refractivity contribution is 5.92. The van der Waals surface area contributed by atoms with Crippen molar-refractivity contribution >= 4 is 5.91 Å². The van der Waals surface area contributed by atoms with Crippen molar-refractivity contribution in [3.8, 4) is 11.5 Å². The van der Waals surface area contributed by atoms with Crippen molar-refractivity contribution < 1.29 is 23.0 Å². The number of ether oxygens (including phenoxy) is 2. The maximum absolute atomic E-state index is 12.8. The fraction of sp³-hybridized carbons (Fsp3) is 0.565. The van der Waals surface area contributed by atoms with Crippen molar-refractivity contribution in [1.82, 2.24) is 14.5 Å². The summed E-state index contributed by atoms with van der Waals surface area (Å²) in [7, 11) is 1.82. The van der Waals surface area contributed by atoms with Gasteiger partial charge in [-0.25, -0.2) is 4.98 Å². The maximum atomic E-state index is 12.8. The smallest absolute Gasteiger partial charge is 0.387 e. The average Bonchev–Trinajstić information content (AvgIpc) is 3.41. The normalized spacial score (nSPS) is 18.0. The summed E-state index contributed by atoms with van der Waals surface area (Å²) >= 11 is 0. The van der Waals surface area contributed by atoms with Crippen LogP contribution in [0.3, 0.4) is 0 Å². The summed E-state index contributed by atoms with van der Waals surface area (Å²) in [6, 6.07) is 5.28. The highest BCUT2D eigenvalue weighted by Gasteiger charge is 2.26. The number of alkyl halides is 2. The molecule has 0 N–H and O–H groups in total. The Morgan fingerprint density at radius 2 is 1.90 bits per heavy atom. The lowest BCUT2D eigenvalue weighted by Crippen LogP contribution is -2.39. The number of piperidine rings is 1. The number of halogens is 2. The van der Waals surface area contributed by atoms with Crippen LogP contribution >= 0.6 is 0 Å². The van der Waals surface area contributed by atoms with Gasteiger partial charge in [-0.3, -0.25) is 4.79 Å². The van der Waals surface area contributed by atoms with Crippen molar-refractivity contribution in [3.05, 3.63) is 42.0 Å². The largest absolute Gasteiger partial charge is 0.487 e. The van der Waals surface area contributed by atoms with Crippen molar-refractivity contribution in [2.75, 3.05) is 13.1 Å². The molecule has 0 atom stereocenters. The Morgan fingerprint density at radius 3 is 2.55 bits per heavy atom. The molecular weight excluding hydrogens is 404 g/mol. The number of amides is 1. The van der Waals surface area contributed by atoms with Gasteiger partial charge in [0.2, 0.25) is 0 Å². The van der Waals surface area contributed by atoms with Gasteiger partial charge >= 0.3 is 6.61 Å². The number of hydrogen-bond acceptors (Lipinski definition) is 4. The van der Waals surface area contributed by atoms with Gasteiger partial charge in [-0.1, -0.05) is 6.07 Å². The Hall–Kier alpha value is -2.64. The summed E-state index contributed by atoms with van der Waals surface area (Å²) in [5.41, 5.74) is 1.65. The number of carbonyl (C=O) groups is 1. The van der Waals surface area contributed by atoms with Crippen LogP contribution in [0, 0.1) is 5.92 Å². The van der Waals surface area contributed by atoms with Gasteiger partial charge in [0.05, 0.1) is 18.6 Å². The second kappa shape index (κ2) is 9.66. The van der Waals surface area contributed by atoms with Crippen molar-refractivity contribution in [3.63, 3.8) is 0 Å². The molecule has 0 radical (unpaired) electrons. The maximum Gasteiger partial charge on any atom is 0.387 e. The van der Waals surface area contributed by atoms with Gasteiger partial charge < -0.3 is 18.9 Å². The molecule has 1 saturated heterocycles. The van der Waals surface area contributed by atoms with Crippen molar-refractivity contribution in [2.45, 2.75) is 57.7 Å². The van der Waals surface area contributed by atoms with E-state index in [9.17, 15) is 13.6 Å². The summed E-state index contributed by atoms with van der Waals surface area (Å²) in [5.74, 6) is 0.951. The summed E-state index contributed by atoms with van der Waals surface area (Å²) < 4.78 is 38.0. The van der Waals surface area contributed by atoms with Gasteiger partial charge in [-0.2, -0.15) is 8.78 Å². The van der Waals surface area contributed by atoms with Crippen LogP contribution in [0.2, 0.25) is 0 Å². The number of imidazole rings is 1. The van der Waals surface area contributed by atoms with E-state index in [1.807, 2.05) is 24.1 Å². The lowest BCUT2D eigenvalue weighted by Gasteiger charge is -2.32. The number of benzene rings is 1. The van der Waals surface area contributed by atoms with E-state index in [1.54, 1.807) is 23.2 Å². The van der Waals surface area contributed by atoms with E-state index in [0.717, 1.165) is 50.5 Å². The van der Waals surface area contributed by atoms with E-state index < -0.39 is 6.61 Å². The monoisotopic (exact) mass is 433 g/mol. The van der Waals surface area contributed by atoms with E-state index in [2.05, 4.69) is 9.72 Å². The Labute approximate surface area is 181 Å². The molecule has 0 bridgehead atoms. The molecule has 1 aliphatic heterocycles. The standard InChI is InChI=1S/C23H29F2N3O3/c1-27-15-26-14-19(27)22(29)28-10-8-16(9-11-28)12-17-6-7-20(31-23(24)25)21(13-17)30-18-4-2-3-5-18/h6-7,13-16,18,23H,2-5,8-12H2,1H3. The number of carbonyl (C=O) groups excluding carboxylic acids is 1. The number of likely N-dealkylation sites (tertiary alicyclic amines) is 1. The molecule has 1 aromatic heterocycles. The number of hydrogen-bond donors (Lipinski definition) is 0. The SMILES string of the molecule is Cn1cncc1C(=O)N1CCC(Cc2ccc(OC(F)F)c(OC3CCCC3)c2)CC1. The predicted molar refractivity (Wildman–Crippen MR) is 111 cm³/mol. The molecule has 2 aliphatic rings. The summed E-state index contributed by atoms with van der Waals surface area (Å²) in [4.78, 5) is 18.6. The fourth-order valence-corrected chi connectivity index (χ4v) is 4.55. The lowest BCUT2D eigenvalue weighted by molar-refractivity contribution is -0.0520. The molecule has 1 aliphatic carbocycles. The van der Waals surface area contributed by atoms with E-state index in [1.165, 1.54) is 0 Å². The Kier molecular flexibility index (Phi) is 6.73. The summed E-state index contributed by atoms with van der Waals surface area (Å²) in [6.45, 7) is -1.47. The van der Waals surface area contributed by atoms with Crippen molar-refractivity contribution in [2.24, 2.45) is 13.0 Å². The Balaban J connectivity index is 1.37. The molecule has 1 aromatic carbocycles. The predicted octanol–water partition coefficient (Wildman–Crippen LogP) is 4.44. The van der Waals surface area contributed by atoms with Crippen LogP contribution in [0.4, 0.5) is 8.78 Å². The molecular formula is C23H29F2N3O3. The first-order chi connectivity index (χ1) is 15.0. The zero-order valence-electron chi connectivity index (χ0n) is 17.8. The summed E-state index contributed by atoms with van der Waals surface area (Å²) in [5, 5.41) is 0. The second-order valence-corrected chi connectivity index (χ2v) is 8.51. The number of rotatable bonds is 7. The van der Waals surface area contributed by atoms with Crippen LogP contribution in [0.1, 0.15) is 54.6 Å². The van der Waals surface area contributed by atoms with Gasteiger partial charge in [-0.15, -0.1) is 0 Å². The number of aryl methyl sites for hydroxylation is 1. The lowest BCUT2D eigenvalue weighted by atomic mass is 9.90. The van der Waals surface area contributed by atoms with Gasteiger partial charge in [0.25, 0.3) is 5.91 Å². The minimum absolute atomic E-state index is 0.0131. The molecule has 168 valence electrons. The molecule has 2 fully saturated rings. The molecule has 0 unspecified atom stereocenters. The van der Waals surface area contributed by atoms with Gasteiger partial charge in [-0.05, 0) is 68.6 Å². The Bertz CT molecular complexity index is 888. The van der Waals surface area contributed by atoms with E-state index >= 15 is 0 Å². The van der Waals surface area contributed by atoms with Crippen LogP contribution < -0.4 is 9.47 Å². The van der Waals surface area contributed by atoms with Gasteiger partial charge in [0.1, 0.15) is 5.69 Å². The van der Waals surface area contributed by atoms with E-state index in [0.29, 0.717) is 30.5 Å². The third kappa shape index (κ3) is 5.35. The van der Waals surface area contributed by atoms with Crippen LogP contribution in [0.25, 0.3) is 0 Å². The van der Waals surface area contributed by atoms with Crippen LogP contribution in [-0.2, 0) is 13.5 Å². The molecule has 8 heteroatoms. The first-order valence-electron chi connectivity index (χ1n) is 11.0. The molecule has 31 heavy (non-hydrogen) atoms. The van der Waals surface area contributed by atoms with Crippen LogP contribution in [0.15, 0.2) is 30.7 Å². The summed E-state index contributed by atoms with van der Waals surface area (Å²) in [6.07, 6.45) is 10.0. The number of aromatic nitrogens is 2. The highest BCUT2D eigenvalue weighted by atomic mass is 19.3. The second-order valence-electron chi connectivity index (χ2n) is 8.51. The molecule has 4 rings (SSSR count). The van der Waals surface area contributed by atoms with Crippen LogP contribution in [-0.4, -0.2) is 46.2 Å². The van der Waals surface area contributed by atoms with Gasteiger partial charge in [0, 0.05) is 20.1 Å². The zero-order valence-corrected chi connectivity index (χ0v) is 17.8. The molecule has 1 amide bonds. The molecule has 1 saturated carbocycles. The minimum Gasteiger partial charge on any atom is -0.487 e. The molecule has 2 heterocycles. The quantitative estimate of drug-likeness (QED) is 0.648. The minimum atomic E-state index is -2.88. The topological polar surface area (TPSA) is 56.6 Å². The van der Waals surface area contributed by atoms with E-state index in [4.69, 9.17) is 4.74 Å². The third-order valence-electron chi connectivity index (χ3n) is 6.28. The Morgan fingerprint density at radius 1 is 1.16 bits per heavy atom. The highest BCUT2D eigenvalue weighted by Crippen LogP contribution is 2.35.